The maximum Gasteiger partial charge on any atom is 0.414 e. The van der Waals surface area contributed by atoms with Crippen molar-refractivity contribution in [3.05, 3.63) is 0 Å². The Balaban J connectivity index is 0. The van der Waals surface area contributed by atoms with Gasteiger partial charge in [-0.15, -0.1) is 0 Å². The summed E-state index contributed by atoms with van der Waals surface area (Å²) in [6.45, 7) is -0.766. The number of hydrogen-bond donors (Lipinski definition) is 3. The van der Waals surface area contributed by atoms with Gasteiger partial charge in [0.05, 0.1) is 0 Å². The molecular formula is C6H6O9. The molecule has 0 saturated heterocycles. The summed E-state index contributed by atoms with van der Waals surface area (Å²) < 4.78 is 3.85. The maximum absolute atomic E-state index is 9.86. The van der Waals surface area contributed by atoms with Crippen molar-refractivity contribution in [1.82, 2.24) is 0 Å². The van der Waals surface area contributed by atoms with E-state index in [1.165, 1.54) is 0 Å². The lowest BCUT2D eigenvalue weighted by Gasteiger charge is -1.91. The van der Waals surface area contributed by atoms with Gasteiger partial charge >= 0.3 is 23.9 Å². The van der Waals surface area contributed by atoms with Crippen molar-refractivity contribution in [1.29, 1.82) is 0 Å². The van der Waals surface area contributed by atoms with Gasteiger partial charge in [0.2, 0.25) is 6.29 Å². The molecule has 0 spiro atoms. The minimum atomic E-state index is -1.82. The summed E-state index contributed by atoms with van der Waals surface area (Å²) in [5, 5.41) is 22.6. The number of ether oxygens (including phenoxy) is 1. The molecule has 3 N–H and O–H groups in total. The van der Waals surface area contributed by atoms with Crippen LogP contribution in [0.1, 0.15) is 0 Å². The Bertz CT molecular complexity index is 266. The first-order valence-corrected chi connectivity index (χ1v) is 3.11. The lowest BCUT2D eigenvalue weighted by molar-refractivity contribution is -0.159. The summed E-state index contributed by atoms with van der Waals surface area (Å²) in [7, 11) is 0. The zero-order valence-electron chi connectivity index (χ0n) is 7.08. The highest BCUT2D eigenvalue weighted by atomic mass is 16.6. The van der Waals surface area contributed by atoms with Gasteiger partial charge in [-0.3, -0.25) is 4.79 Å². The highest BCUT2D eigenvalue weighted by molar-refractivity contribution is 6.27. The molecule has 0 unspecified atom stereocenters. The van der Waals surface area contributed by atoms with Crippen LogP contribution in [0.4, 0.5) is 0 Å². The molecular weight excluding hydrogens is 216 g/mol. The number of aldehydes is 1. The van der Waals surface area contributed by atoms with E-state index in [2.05, 4.69) is 4.74 Å². The summed E-state index contributed by atoms with van der Waals surface area (Å²) in [6, 6.07) is 0. The summed E-state index contributed by atoms with van der Waals surface area (Å²) in [6.07, 6.45) is -0.0943. The van der Waals surface area contributed by atoms with E-state index in [0.717, 1.165) is 0 Å². The Morgan fingerprint density at radius 2 is 1.40 bits per heavy atom. The molecule has 0 aliphatic rings. The Hall–Kier alpha value is -2.45. The smallest absolute Gasteiger partial charge is 0.414 e. The number of rotatable bonds is 3. The van der Waals surface area contributed by atoms with Gasteiger partial charge in [-0.2, -0.15) is 0 Å². The fourth-order valence-electron chi connectivity index (χ4n) is 0.167. The van der Waals surface area contributed by atoms with Crippen LogP contribution >= 0.6 is 0 Å². The van der Waals surface area contributed by atoms with Gasteiger partial charge in [0.15, 0.2) is 6.61 Å². The van der Waals surface area contributed by atoms with Gasteiger partial charge in [0.25, 0.3) is 0 Å². The lowest BCUT2D eigenvalue weighted by atomic mass is 10.7. The molecule has 0 aliphatic heterocycles. The second kappa shape index (κ2) is 8.16. The van der Waals surface area contributed by atoms with Gasteiger partial charge in [0, 0.05) is 0 Å². The number of hydrogen-bond acceptors (Lipinski definition) is 6. The molecule has 0 bridgehead atoms. The number of aliphatic carboxylic acids is 3. The third-order valence-corrected chi connectivity index (χ3v) is 0.617. The van der Waals surface area contributed by atoms with Crippen LogP contribution in [0.25, 0.3) is 0 Å². The monoisotopic (exact) mass is 222 g/mol. The molecule has 0 heterocycles. The summed E-state index contributed by atoms with van der Waals surface area (Å²) in [4.78, 5) is 47.1. The quantitative estimate of drug-likeness (QED) is 0.278. The summed E-state index contributed by atoms with van der Waals surface area (Å²) in [5.74, 6) is -6.10. The van der Waals surface area contributed by atoms with Gasteiger partial charge in [-0.05, 0) is 0 Å². The first kappa shape index (κ1) is 15.0. The van der Waals surface area contributed by atoms with Crippen molar-refractivity contribution < 1.29 is 44.0 Å². The number of esters is 1. The van der Waals surface area contributed by atoms with Crippen molar-refractivity contribution in [3.63, 3.8) is 0 Å². The first-order valence-electron chi connectivity index (χ1n) is 3.11. The lowest BCUT2D eigenvalue weighted by Crippen LogP contribution is -2.13. The number of carboxylic acid groups (broad SMARTS) is 3. The third kappa shape index (κ3) is 14.4. The third-order valence-electron chi connectivity index (χ3n) is 0.617. The van der Waals surface area contributed by atoms with E-state index in [4.69, 9.17) is 24.9 Å². The topological polar surface area (TPSA) is 155 Å². The molecule has 0 aromatic rings. The Labute approximate surface area is 81.9 Å². The molecule has 0 aromatic heterocycles. The van der Waals surface area contributed by atoms with Crippen LogP contribution in [-0.4, -0.2) is 52.1 Å². The minimum Gasteiger partial charge on any atom is -0.479 e. The predicted octanol–water partition coefficient (Wildman–Crippen LogP) is -2.03. The molecule has 84 valence electrons. The molecule has 0 aromatic carbocycles. The molecule has 0 saturated carbocycles. The molecule has 0 amide bonds. The number of carbonyl (C=O) groups is 5. The van der Waals surface area contributed by atoms with Crippen molar-refractivity contribution in [3.8, 4) is 0 Å². The normalized spacial score (nSPS) is 7.73. The van der Waals surface area contributed by atoms with Gasteiger partial charge < -0.3 is 20.1 Å². The second-order valence-electron chi connectivity index (χ2n) is 1.73. The maximum atomic E-state index is 9.86. The highest BCUT2D eigenvalue weighted by Gasteiger charge is 2.04. The fourth-order valence-corrected chi connectivity index (χ4v) is 0.167. The summed E-state index contributed by atoms with van der Waals surface area (Å²) in [5.41, 5.74) is 0. The van der Waals surface area contributed by atoms with Gasteiger partial charge in [0.1, 0.15) is 0 Å². The average molecular weight is 222 g/mol. The second-order valence-corrected chi connectivity index (χ2v) is 1.73. The highest BCUT2D eigenvalue weighted by Crippen LogP contribution is 1.72. The molecule has 0 radical (unpaired) electrons. The van der Waals surface area contributed by atoms with E-state index >= 15 is 0 Å². The molecule has 0 fully saturated rings. The van der Waals surface area contributed by atoms with Crippen molar-refractivity contribution >= 4 is 30.2 Å². The predicted molar refractivity (Wildman–Crippen MR) is 39.9 cm³/mol. The Kier molecular flexibility index (Phi) is 8.18. The van der Waals surface area contributed by atoms with Crippen LogP contribution in [0, 0.1) is 0 Å². The van der Waals surface area contributed by atoms with Crippen LogP contribution in [0.2, 0.25) is 0 Å². The van der Waals surface area contributed by atoms with Crippen LogP contribution in [0.5, 0.6) is 0 Å². The van der Waals surface area contributed by atoms with E-state index in [1.807, 2.05) is 0 Å². The standard InChI is InChI=1S/C4H4O5.C2H2O4/c5-1-4(8)9-2-3(6)7;3-1(4)2(5)6/h1H,2H2,(H,6,7);(H,3,4)(H,5,6). The number of carboxylic acids is 3. The van der Waals surface area contributed by atoms with E-state index in [9.17, 15) is 14.4 Å². The Morgan fingerprint density at radius 3 is 1.60 bits per heavy atom. The average Bonchev–Trinajstić information content (AvgIpc) is 2.14. The van der Waals surface area contributed by atoms with Gasteiger partial charge in [-0.1, -0.05) is 0 Å². The molecule has 0 aliphatic carbocycles. The Morgan fingerprint density at radius 1 is 1.00 bits per heavy atom. The van der Waals surface area contributed by atoms with E-state index in [0.29, 0.717) is 0 Å². The van der Waals surface area contributed by atoms with Crippen molar-refractivity contribution in [2.24, 2.45) is 0 Å². The molecule has 0 atom stereocenters. The molecule has 9 heteroatoms. The zero-order chi connectivity index (χ0) is 12.4. The van der Waals surface area contributed by atoms with Crippen LogP contribution in [0.15, 0.2) is 0 Å². The van der Waals surface area contributed by atoms with Crippen LogP contribution in [0.3, 0.4) is 0 Å². The van der Waals surface area contributed by atoms with E-state index < -0.39 is 30.5 Å². The van der Waals surface area contributed by atoms with Crippen molar-refractivity contribution in [2.75, 3.05) is 6.61 Å². The SMILES string of the molecule is O=C(O)C(=O)O.O=CC(=O)OCC(=O)O. The van der Waals surface area contributed by atoms with Crippen molar-refractivity contribution in [2.45, 2.75) is 0 Å². The summed E-state index contributed by atoms with van der Waals surface area (Å²) >= 11 is 0. The van der Waals surface area contributed by atoms with Crippen LogP contribution in [-0.2, 0) is 28.7 Å². The molecule has 0 rings (SSSR count). The van der Waals surface area contributed by atoms with E-state index in [1.54, 1.807) is 0 Å². The first-order chi connectivity index (χ1) is 6.81. The van der Waals surface area contributed by atoms with Crippen LogP contribution < -0.4 is 0 Å². The molecule has 9 nitrogen and oxygen atoms in total. The van der Waals surface area contributed by atoms with E-state index in [-0.39, 0.29) is 6.29 Å². The molecule has 15 heavy (non-hydrogen) atoms. The fraction of sp³-hybridized carbons (Fsp3) is 0.167. The minimum absolute atomic E-state index is 0.0943. The number of carbonyl (C=O) groups excluding carboxylic acids is 2. The largest absolute Gasteiger partial charge is 0.479 e. The van der Waals surface area contributed by atoms with Gasteiger partial charge in [-0.25, -0.2) is 19.2 Å². The zero-order valence-corrected chi connectivity index (χ0v) is 7.08.